The third kappa shape index (κ3) is 4.80. The zero-order chi connectivity index (χ0) is 20.1. The molecule has 0 saturated carbocycles. The SMILES string of the molecule is Cc1nn(-c2ccccc2)c(C)c1CNC(=O)CCCCN1C(=O)CSC1=S. The lowest BCUT2D eigenvalue weighted by molar-refractivity contribution is -0.124. The standard InChI is InChI=1S/C20H24N4O2S2/c1-14-17(15(2)24(22-14)16-8-4-3-5-9-16)12-21-18(25)10-6-7-11-23-19(26)13-28-20(23)27/h3-5,8-9H,6-7,10-13H2,1-2H3,(H,21,25). The van der Waals surface area contributed by atoms with Gasteiger partial charge in [0.1, 0.15) is 4.32 Å². The van der Waals surface area contributed by atoms with E-state index in [-0.39, 0.29) is 11.8 Å². The van der Waals surface area contributed by atoms with Gasteiger partial charge in [-0.25, -0.2) is 4.68 Å². The molecule has 0 unspecified atom stereocenters. The molecule has 2 aromatic rings. The molecule has 148 valence electrons. The van der Waals surface area contributed by atoms with Crippen LogP contribution in [0.4, 0.5) is 0 Å². The van der Waals surface area contributed by atoms with Gasteiger partial charge in [0.15, 0.2) is 0 Å². The number of carbonyl (C=O) groups is 2. The van der Waals surface area contributed by atoms with Gasteiger partial charge in [0.25, 0.3) is 0 Å². The highest BCUT2D eigenvalue weighted by molar-refractivity contribution is 8.23. The zero-order valence-corrected chi connectivity index (χ0v) is 17.7. The second kappa shape index (κ2) is 9.34. The van der Waals surface area contributed by atoms with Gasteiger partial charge in [0.05, 0.1) is 17.1 Å². The molecule has 1 fully saturated rings. The van der Waals surface area contributed by atoms with Crippen molar-refractivity contribution in [2.75, 3.05) is 12.3 Å². The first-order valence-electron chi connectivity index (χ1n) is 9.31. The first-order valence-corrected chi connectivity index (χ1v) is 10.7. The third-order valence-electron chi connectivity index (χ3n) is 4.78. The average Bonchev–Trinajstić information content (AvgIpc) is 3.16. The Kier molecular flexibility index (Phi) is 6.85. The number of hydrogen-bond acceptors (Lipinski definition) is 5. The predicted molar refractivity (Wildman–Crippen MR) is 116 cm³/mol. The topological polar surface area (TPSA) is 67.2 Å². The summed E-state index contributed by atoms with van der Waals surface area (Å²) in [4.78, 5) is 25.5. The molecule has 0 spiro atoms. The number of benzene rings is 1. The van der Waals surface area contributed by atoms with Crippen molar-refractivity contribution < 1.29 is 9.59 Å². The van der Waals surface area contributed by atoms with Gasteiger partial charge in [-0.15, -0.1) is 0 Å². The van der Waals surface area contributed by atoms with E-state index >= 15 is 0 Å². The van der Waals surface area contributed by atoms with Crippen molar-refractivity contribution in [1.29, 1.82) is 0 Å². The largest absolute Gasteiger partial charge is 0.352 e. The van der Waals surface area contributed by atoms with Crippen LogP contribution in [0.2, 0.25) is 0 Å². The van der Waals surface area contributed by atoms with E-state index in [1.165, 1.54) is 11.8 Å². The molecule has 0 radical (unpaired) electrons. The smallest absolute Gasteiger partial charge is 0.238 e. The molecule has 1 aromatic carbocycles. The van der Waals surface area contributed by atoms with E-state index in [2.05, 4.69) is 10.4 Å². The van der Waals surface area contributed by atoms with Gasteiger partial charge in [-0.3, -0.25) is 14.5 Å². The second-order valence-electron chi connectivity index (χ2n) is 6.73. The summed E-state index contributed by atoms with van der Waals surface area (Å²) in [5.41, 5.74) is 4.00. The molecule has 28 heavy (non-hydrogen) atoms. The summed E-state index contributed by atoms with van der Waals surface area (Å²) in [6.45, 7) is 5.04. The first kappa shape index (κ1) is 20.5. The van der Waals surface area contributed by atoms with Gasteiger partial charge >= 0.3 is 0 Å². The van der Waals surface area contributed by atoms with Crippen LogP contribution in [0.3, 0.4) is 0 Å². The fourth-order valence-corrected chi connectivity index (χ4v) is 4.30. The van der Waals surface area contributed by atoms with Crippen LogP contribution in [-0.4, -0.2) is 43.1 Å². The molecular formula is C20H24N4O2S2. The molecule has 2 heterocycles. The fourth-order valence-electron chi connectivity index (χ4n) is 3.18. The van der Waals surface area contributed by atoms with Crippen LogP contribution in [0.5, 0.6) is 0 Å². The molecule has 0 atom stereocenters. The zero-order valence-electron chi connectivity index (χ0n) is 16.1. The second-order valence-corrected chi connectivity index (χ2v) is 8.34. The number of aryl methyl sites for hydroxylation is 1. The molecule has 1 saturated heterocycles. The molecule has 1 aromatic heterocycles. The number of rotatable bonds is 8. The highest BCUT2D eigenvalue weighted by atomic mass is 32.2. The van der Waals surface area contributed by atoms with Crippen LogP contribution < -0.4 is 5.32 Å². The minimum Gasteiger partial charge on any atom is -0.352 e. The maximum Gasteiger partial charge on any atom is 0.238 e. The Morgan fingerprint density at radius 1 is 1.25 bits per heavy atom. The number of unbranched alkanes of at least 4 members (excludes halogenated alkanes) is 1. The van der Waals surface area contributed by atoms with Gasteiger partial charge < -0.3 is 5.32 Å². The molecule has 2 amide bonds. The van der Waals surface area contributed by atoms with Gasteiger partial charge in [0, 0.05) is 30.8 Å². The van der Waals surface area contributed by atoms with Gasteiger partial charge in [0.2, 0.25) is 11.8 Å². The van der Waals surface area contributed by atoms with Crippen molar-refractivity contribution in [3.8, 4) is 5.69 Å². The molecule has 8 heteroatoms. The summed E-state index contributed by atoms with van der Waals surface area (Å²) in [5, 5.41) is 7.59. The number of thiocarbonyl (C=S) groups is 1. The Morgan fingerprint density at radius 2 is 2.00 bits per heavy atom. The summed E-state index contributed by atoms with van der Waals surface area (Å²) in [7, 11) is 0. The van der Waals surface area contributed by atoms with Crippen molar-refractivity contribution >= 4 is 40.1 Å². The molecule has 1 aliphatic heterocycles. The summed E-state index contributed by atoms with van der Waals surface area (Å²) < 4.78 is 2.56. The monoisotopic (exact) mass is 416 g/mol. The van der Waals surface area contributed by atoms with Crippen LogP contribution >= 0.6 is 24.0 Å². The number of amides is 2. The van der Waals surface area contributed by atoms with Crippen molar-refractivity contribution in [2.45, 2.75) is 39.7 Å². The number of hydrogen-bond donors (Lipinski definition) is 1. The summed E-state index contributed by atoms with van der Waals surface area (Å²) in [6, 6.07) is 9.96. The first-order chi connectivity index (χ1) is 13.5. The maximum atomic E-state index is 12.2. The van der Waals surface area contributed by atoms with Crippen LogP contribution in [-0.2, 0) is 16.1 Å². The Balaban J connectivity index is 1.46. The Bertz CT molecular complexity index is 864. The van der Waals surface area contributed by atoms with E-state index < -0.39 is 0 Å². The molecular weight excluding hydrogens is 392 g/mol. The maximum absolute atomic E-state index is 12.2. The highest BCUT2D eigenvalue weighted by Crippen LogP contribution is 2.20. The number of nitrogens with zero attached hydrogens (tertiary/aromatic N) is 3. The molecule has 3 rings (SSSR count). The fraction of sp³-hybridized carbons (Fsp3) is 0.400. The van der Waals surface area contributed by atoms with Crippen molar-refractivity contribution in [2.24, 2.45) is 0 Å². The molecule has 0 bridgehead atoms. The lowest BCUT2D eigenvalue weighted by Gasteiger charge is -2.14. The minimum atomic E-state index is 0.0101. The number of carbonyl (C=O) groups excluding carboxylic acids is 2. The summed E-state index contributed by atoms with van der Waals surface area (Å²) in [6.07, 6.45) is 1.93. The summed E-state index contributed by atoms with van der Waals surface area (Å²) in [5.74, 6) is 0.520. The van der Waals surface area contributed by atoms with E-state index in [0.29, 0.717) is 29.6 Å². The van der Waals surface area contributed by atoms with Crippen LogP contribution in [0, 0.1) is 13.8 Å². The van der Waals surface area contributed by atoms with Gasteiger partial charge in [-0.1, -0.05) is 42.2 Å². The Labute approximate surface area is 174 Å². The summed E-state index contributed by atoms with van der Waals surface area (Å²) >= 11 is 6.56. The molecule has 6 nitrogen and oxygen atoms in total. The lowest BCUT2D eigenvalue weighted by Crippen LogP contribution is -2.29. The number of aromatic nitrogens is 2. The van der Waals surface area contributed by atoms with Crippen LogP contribution in [0.1, 0.15) is 36.2 Å². The Hall–Kier alpha value is -2.19. The normalized spacial score (nSPS) is 14.0. The number of para-hydroxylation sites is 1. The molecule has 1 aliphatic rings. The average molecular weight is 417 g/mol. The van der Waals surface area contributed by atoms with Gasteiger partial charge in [-0.2, -0.15) is 5.10 Å². The van der Waals surface area contributed by atoms with E-state index in [4.69, 9.17) is 12.2 Å². The minimum absolute atomic E-state index is 0.0101. The quantitative estimate of drug-likeness (QED) is 0.529. The highest BCUT2D eigenvalue weighted by Gasteiger charge is 2.25. The lowest BCUT2D eigenvalue weighted by atomic mass is 10.2. The van der Waals surface area contributed by atoms with E-state index in [9.17, 15) is 9.59 Å². The number of nitrogens with one attached hydrogen (secondary N) is 1. The predicted octanol–water partition coefficient (Wildman–Crippen LogP) is 3.14. The molecule has 1 N–H and O–H groups in total. The number of thioether (sulfide) groups is 1. The Morgan fingerprint density at radius 3 is 2.68 bits per heavy atom. The third-order valence-corrected chi connectivity index (χ3v) is 6.21. The van der Waals surface area contributed by atoms with E-state index in [1.807, 2.05) is 48.9 Å². The van der Waals surface area contributed by atoms with Crippen molar-refractivity contribution in [3.63, 3.8) is 0 Å². The van der Waals surface area contributed by atoms with Crippen molar-refractivity contribution in [1.82, 2.24) is 20.0 Å². The van der Waals surface area contributed by atoms with Gasteiger partial charge in [-0.05, 0) is 38.8 Å². The van der Waals surface area contributed by atoms with Crippen molar-refractivity contribution in [3.05, 3.63) is 47.3 Å². The van der Waals surface area contributed by atoms with Crippen LogP contribution in [0.15, 0.2) is 30.3 Å². The van der Waals surface area contributed by atoms with E-state index in [1.54, 1.807) is 4.90 Å². The van der Waals surface area contributed by atoms with Crippen LogP contribution in [0.25, 0.3) is 5.69 Å². The van der Waals surface area contributed by atoms with E-state index in [0.717, 1.165) is 35.5 Å². The molecule has 0 aliphatic carbocycles.